The predicted molar refractivity (Wildman–Crippen MR) is 119 cm³/mol. The number of esters is 1. The van der Waals surface area contributed by atoms with Gasteiger partial charge in [-0.2, -0.15) is 0 Å². The van der Waals surface area contributed by atoms with Crippen LogP contribution in [-0.2, 0) is 9.59 Å². The minimum Gasteiger partial charge on any atom is -0.423 e. The number of benzene rings is 2. The summed E-state index contributed by atoms with van der Waals surface area (Å²) in [5.41, 5.74) is 1.50. The Morgan fingerprint density at radius 1 is 1.09 bits per heavy atom. The van der Waals surface area contributed by atoms with Crippen LogP contribution in [0.2, 0.25) is 0 Å². The first-order valence-electron chi connectivity index (χ1n) is 10.5. The van der Waals surface area contributed by atoms with Crippen LogP contribution >= 0.6 is 0 Å². The maximum Gasteiger partial charge on any atom is 0.331 e. The summed E-state index contributed by atoms with van der Waals surface area (Å²) in [7, 11) is 0. The Morgan fingerprint density at radius 3 is 2.56 bits per heavy atom. The highest BCUT2D eigenvalue weighted by Gasteiger charge is 2.29. The maximum absolute atomic E-state index is 12.9. The van der Waals surface area contributed by atoms with E-state index < -0.39 is 10.9 Å². The van der Waals surface area contributed by atoms with Gasteiger partial charge in [0.1, 0.15) is 6.54 Å². The highest BCUT2D eigenvalue weighted by molar-refractivity contribution is 5.89. The lowest BCUT2D eigenvalue weighted by atomic mass is 10.2. The van der Waals surface area contributed by atoms with Crippen molar-refractivity contribution in [2.45, 2.75) is 0 Å². The van der Waals surface area contributed by atoms with Crippen molar-refractivity contribution in [3.8, 4) is 5.75 Å². The standard InChI is InChI=1S/C23H24N4O5/c28-22(16-26-17-23(29)32-21-15-19(27(30)31)8-9-20(21)26)25-13-11-24(12-14-25)10-4-7-18-5-2-1-3-6-18/h1-9,15H,10-14,16-17H2/b7-4+. The maximum atomic E-state index is 12.9. The van der Waals surface area contributed by atoms with Crippen LogP contribution in [0.1, 0.15) is 5.56 Å². The van der Waals surface area contributed by atoms with Crippen molar-refractivity contribution in [1.29, 1.82) is 0 Å². The van der Waals surface area contributed by atoms with Crippen LogP contribution in [0.4, 0.5) is 11.4 Å². The highest BCUT2D eigenvalue weighted by atomic mass is 16.6. The Kier molecular flexibility index (Phi) is 6.46. The van der Waals surface area contributed by atoms with E-state index in [1.54, 1.807) is 9.80 Å². The number of carbonyl (C=O) groups is 2. The third-order valence-electron chi connectivity index (χ3n) is 5.56. The summed E-state index contributed by atoms with van der Waals surface area (Å²) >= 11 is 0. The molecule has 9 heteroatoms. The number of ether oxygens (including phenoxy) is 1. The van der Waals surface area contributed by atoms with Gasteiger partial charge in [-0.25, -0.2) is 4.79 Å². The molecule has 0 aliphatic carbocycles. The number of nitro groups is 1. The van der Waals surface area contributed by atoms with Crippen LogP contribution in [0.15, 0.2) is 54.6 Å². The summed E-state index contributed by atoms with van der Waals surface area (Å²) < 4.78 is 5.14. The summed E-state index contributed by atoms with van der Waals surface area (Å²) in [5, 5.41) is 11.0. The number of amides is 1. The third kappa shape index (κ3) is 5.12. The summed E-state index contributed by atoms with van der Waals surface area (Å²) in [5.74, 6) is -0.512. The van der Waals surface area contributed by atoms with Gasteiger partial charge in [0.25, 0.3) is 5.69 Å². The molecule has 32 heavy (non-hydrogen) atoms. The van der Waals surface area contributed by atoms with E-state index in [-0.39, 0.29) is 30.4 Å². The fraction of sp³-hybridized carbons (Fsp3) is 0.304. The molecule has 0 saturated carbocycles. The molecule has 2 aromatic rings. The number of fused-ring (bicyclic) bond motifs is 1. The van der Waals surface area contributed by atoms with Crippen LogP contribution < -0.4 is 9.64 Å². The van der Waals surface area contributed by atoms with E-state index in [1.165, 1.54) is 18.2 Å². The van der Waals surface area contributed by atoms with Crippen molar-refractivity contribution in [2.24, 2.45) is 0 Å². The van der Waals surface area contributed by atoms with Crippen molar-refractivity contribution in [1.82, 2.24) is 9.80 Å². The van der Waals surface area contributed by atoms with Gasteiger partial charge in [-0.15, -0.1) is 0 Å². The van der Waals surface area contributed by atoms with E-state index in [9.17, 15) is 19.7 Å². The zero-order valence-corrected chi connectivity index (χ0v) is 17.6. The van der Waals surface area contributed by atoms with Gasteiger partial charge in [0, 0.05) is 38.8 Å². The molecular weight excluding hydrogens is 412 g/mol. The van der Waals surface area contributed by atoms with Crippen molar-refractivity contribution in [3.05, 3.63) is 70.3 Å². The second-order valence-corrected chi connectivity index (χ2v) is 7.73. The lowest BCUT2D eigenvalue weighted by Crippen LogP contribution is -2.52. The summed E-state index contributed by atoms with van der Waals surface area (Å²) in [6, 6.07) is 14.2. The summed E-state index contributed by atoms with van der Waals surface area (Å²) in [6.45, 7) is 3.55. The van der Waals surface area contributed by atoms with Crippen molar-refractivity contribution >= 4 is 29.3 Å². The van der Waals surface area contributed by atoms with Crippen LogP contribution in [0, 0.1) is 10.1 Å². The smallest absolute Gasteiger partial charge is 0.331 e. The number of nitrogens with zero attached hydrogens (tertiary/aromatic N) is 4. The molecule has 4 rings (SSSR count). The first-order valence-corrected chi connectivity index (χ1v) is 10.5. The number of hydrogen-bond acceptors (Lipinski definition) is 7. The van der Waals surface area contributed by atoms with Gasteiger partial charge in [0.15, 0.2) is 5.75 Å². The van der Waals surface area contributed by atoms with Crippen LogP contribution in [0.5, 0.6) is 5.75 Å². The van der Waals surface area contributed by atoms with Crippen LogP contribution in [-0.4, -0.2) is 72.4 Å². The second kappa shape index (κ2) is 9.61. The normalized spacial score (nSPS) is 16.7. The second-order valence-electron chi connectivity index (χ2n) is 7.73. The van der Waals surface area contributed by atoms with Gasteiger partial charge in [0.2, 0.25) is 5.91 Å². The zero-order valence-electron chi connectivity index (χ0n) is 17.6. The lowest BCUT2D eigenvalue weighted by Gasteiger charge is -2.36. The number of nitro benzene ring substituents is 1. The Balaban J connectivity index is 1.31. The highest BCUT2D eigenvalue weighted by Crippen LogP contribution is 2.35. The minimum absolute atomic E-state index is 0.0216. The Bertz CT molecular complexity index is 1030. The van der Waals surface area contributed by atoms with Gasteiger partial charge in [-0.1, -0.05) is 42.5 Å². The number of carbonyl (C=O) groups excluding carboxylic acids is 2. The zero-order chi connectivity index (χ0) is 22.5. The number of hydrogen-bond donors (Lipinski definition) is 0. The van der Waals surface area contributed by atoms with Gasteiger partial charge in [-0.3, -0.25) is 19.8 Å². The fourth-order valence-electron chi connectivity index (χ4n) is 3.84. The van der Waals surface area contributed by atoms with Gasteiger partial charge < -0.3 is 14.5 Å². The van der Waals surface area contributed by atoms with E-state index in [0.717, 1.165) is 25.2 Å². The number of piperazine rings is 1. The molecule has 166 valence electrons. The van der Waals surface area contributed by atoms with Crippen LogP contribution in [0.3, 0.4) is 0 Å². The van der Waals surface area contributed by atoms with E-state index in [0.29, 0.717) is 18.8 Å². The van der Waals surface area contributed by atoms with Crippen molar-refractivity contribution < 1.29 is 19.2 Å². The molecule has 0 N–H and O–H groups in total. The quantitative estimate of drug-likeness (QED) is 0.296. The number of non-ortho nitro benzene ring substituents is 1. The third-order valence-corrected chi connectivity index (χ3v) is 5.56. The topological polar surface area (TPSA) is 96.2 Å². The average Bonchev–Trinajstić information content (AvgIpc) is 2.79. The molecule has 0 spiro atoms. The molecule has 0 unspecified atom stereocenters. The minimum atomic E-state index is -0.549. The summed E-state index contributed by atoms with van der Waals surface area (Å²) in [6.07, 6.45) is 4.22. The molecule has 2 aromatic carbocycles. The fourth-order valence-corrected chi connectivity index (χ4v) is 3.84. The van der Waals surface area contributed by atoms with E-state index in [2.05, 4.69) is 29.2 Å². The average molecular weight is 436 g/mol. The molecule has 2 aliphatic rings. The van der Waals surface area contributed by atoms with Crippen molar-refractivity contribution in [2.75, 3.05) is 50.7 Å². The molecule has 9 nitrogen and oxygen atoms in total. The van der Waals surface area contributed by atoms with Crippen molar-refractivity contribution in [3.63, 3.8) is 0 Å². The van der Waals surface area contributed by atoms with Crippen LogP contribution in [0.25, 0.3) is 6.08 Å². The van der Waals surface area contributed by atoms with Gasteiger partial charge >= 0.3 is 5.97 Å². The molecule has 1 saturated heterocycles. The molecule has 0 bridgehead atoms. The first kappa shape index (κ1) is 21.5. The Labute approximate surface area is 185 Å². The Hall–Kier alpha value is -3.72. The predicted octanol–water partition coefficient (Wildman–Crippen LogP) is 2.18. The molecule has 0 radical (unpaired) electrons. The molecule has 1 amide bonds. The van der Waals surface area contributed by atoms with E-state index >= 15 is 0 Å². The van der Waals surface area contributed by atoms with E-state index in [4.69, 9.17) is 4.74 Å². The molecule has 2 aliphatic heterocycles. The number of rotatable bonds is 6. The monoisotopic (exact) mass is 436 g/mol. The van der Waals surface area contributed by atoms with Gasteiger partial charge in [-0.05, 0) is 11.6 Å². The summed E-state index contributed by atoms with van der Waals surface area (Å²) in [4.78, 5) is 40.9. The first-order chi connectivity index (χ1) is 15.5. The van der Waals surface area contributed by atoms with Gasteiger partial charge in [0.05, 0.1) is 23.2 Å². The number of anilines is 1. The largest absolute Gasteiger partial charge is 0.423 e. The molecular formula is C23H24N4O5. The SMILES string of the molecule is O=C1CN(CC(=O)N2CCN(C/C=C/c3ccccc3)CC2)c2ccc([N+](=O)[O-])cc2O1. The molecule has 2 heterocycles. The Morgan fingerprint density at radius 2 is 1.84 bits per heavy atom. The molecule has 0 aromatic heterocycles. The lowest BCUT2D eigenvalue weighted by molar-refractivity contribution is -0.384. The van der Waals surface area contributed by atoms with E-state index in [1.807, 2.05) is 18.2 Å². The molecule has 0 atom stereocenters. The molecule has 1 fully saturated rings.